The fraction of sp³-hybridized carbons (Fsp3) is 0.696. The Morgan fingerprint density at radius 1 is 1.31 bits per heavy atom. The minimum atomic E-state index is -0.654. The maximum atomic E-state index is 12.7. The van der Waals surface area contributed by atoms with E-state index >= 15 is 0 Å². The molecule has 0 aromatic heterocycles. The van der Waals surface area contributed by atoms with Crippen LogP contribution in [0.15, 0.2) is 23.8 Å². The molecule has 6 heteroatoms. The number of methoxy groups -OCH3 is 1. The van der Waals surface area contributed by atoms with Crippen LogP contribution in [0.3, 0.4) is 0 Å². The summed E-state index contributed by atoms with van der Waals surface area (Å²) in [5, 5.41) is 20.9. The number of ether oxygens (including phenoxy) is 1. The van der Waals surface area contributed by atoms with E-state index in [-0.39, 0.29) is 29.3 Å². The molecule has 4 rings (SSSR count). The summed E-state index contributed by atoms with van der Waals surface area (Å²) in [4.78, 5) is 37.1. The van der Waals surface area contributed by atoms with E-state index in [9.17, 15) is 24.6 Å². The molecule has 158 valence electrons. The fourth-order valence-corrected chi connectivity index (χ4v) is 7.45. The van der Waals surface area contributed by atoms with E-state index in [4.69, 9.17) is 4.74 Å². The van der Waals surface area contributed by atoms with Crippen molar-refractivity contribution in [3.8, 4) is 0 Å². The van der Waals surface area contributed by atoms with Crippen LogP contribution in [-0.4, -0.2) is 47.6 Å². The Hall–Kier alpha value is -1.79. The number of hydrogen-bond donors (Lipinski definition) is 2. The van der Waals surface area contributed by atoms with E-state index in [2.05, 4.69) is 6.92 Å². The van der Waals surface area contributed by atoms with Gasteiger partial charge in [0.05, 0.1) is 19.1 Å². The van der Waals surface area contributed by atoms with E-state index < -0.39 is 41.3 Å². The van der Waals surface area contributed by atoms with Gasteiger partial charge in [0.2, 0.25) is 0 Å². The molecule has 0 radical (unpaired) electrons. The van der Waals surface area contributed by atoms with Crippen molar-refractivity contribution in [2.24, 2.45) is 40.4 Å². The lowest BCUT2D eigenvalue weighted by Gasteiger charge is -2.58. The maximum absolute atomic E-state index is 12.7. The highest BCUT2D eigenvalue weighted by molar-refractivity contribution is 6.01. The topological polar surface area (TPSA) is 101 Å². The van der Waals surface area contributed by atoms with Gasteiger partial charge < -0.3 is 14.9 Å². The molecule has 29 heavy (non-hydrogen) atoms. The molecule has 3 fully saturated rings. The first-order valence-electron chi connectivity index (χ1n) is 10.5. The summed E-state index contributed by atoms with van der Waals surface area (Å²) >= 11 is 0. The van der Waals surface area contributed by atoms with Gasteiger partial charge in [-0.25, -0.2) is 0 Å². The molecule has 6 nitrogen and oxygen atoms in total. The standard InChI is InChI=1S/C23H30O6/c1-22-7-6-13(25)8-12(22)4-5-14-16-9-15(21(28)29-3)20(18(27)11-24)23(16,2)10-17(26)19(14)22/h6-8,14-17,19-20,24,26H,4-5,9-11H2,1-3H3/t14?,15-,16?,17+,19?,20-,22+,23+/m1/s1. The average Bonchev–Trinajstić information content (AvgIpc) is 2.99. The van der Waals surface area contributed by atoms with Crippen molar-refractivity contribution < 1.29 is 29.3 Å². The number of fused-ring (bicyclic) bond motifs is 5. The van der Waals surface area contributed by atoms with Gasteiger partial charge >= 0.3 is 5.97 Å². The summed E-state index contributed by atoms with van der Waals surface area (Å²) in [5.74, 6) is -1.86. The van der Waals surface area contributed by atoms with E-state index in [0.717, 1.165) is 18.4 Å². The second-order valence-electron chi connectivity index (χ2n) is 9.77. The molecule has 0 aromatic carbocycles. The first-order chi connectivity index (χ1) is 13.7. The Bertz CT molecular complexity index is 812. The van der Waals surface area contributed by atoms with E-state index in [1.807, 2.05) is 13.0 Å². The zero-order valence-corrected chi connectivity index (χ0v) is 17.3. The van der Waals surface area contributed by atoms with Crippen molar-refractivity contribution in [3.63, 3.8) is 0 Å². The van der Waals surface area contributed by atoms with Gasteiger partial charge in [0.25, 0.3) is 0 Å². The van der Waals surface area contributed by atoms with Crippen LogP contribution >= 0.6 is 0 Å². The Kier molecular flexibility index (Phi) is 4.86. The summed E-state index contributed by atoms with van der Waals surface area (Å²) in [5.41, 5.74) is 0.113. The smallest absolute Gasteiger partial charge is 0.309 e. The molecule has 0 spiro atoms. The van der Waals surface area contributed by atoms with Gasteiger partial charge in [-0.15, -0.1) is 0 Å². The molecule has 0 aliphatic heterocycles. The number of carbonyl (C=O) groups is 3. The molecular formula is C23H30O6. The van der Waals surface area contributed by atoms with Gasteiger partial charge in [0.15, 0.2) is 11.6 Å². The van der Waals surface area contributed by atoms with Crippen molar-refractivity contribution in [3.05, 3.63) is 23.8 Å². The van der Waals surface area contributed by atoms with Crippen molar-refractivity contribution in [2.75, 3.05) is 13.7 Å². The van der Waals surface area contributed by atoms with Crippen LogP contribution in [0, 0.1) is 40.4 Å². The molecule has 0 saturated heterocycles. The third-order valence-corrected chi connectivity index (χ3v) is 8.56. The summed E-state index contributed by atoms with van der Waals surface area (Å²) in [6, 6.07) is 0. The second kappa shape index (κ2) is 6.88. The summed E-state index contributed by atoms with van der Waals surface area (Å²) in [6.45, 7) is 3.47. The third kappa shape index (κ3) is 2.79. The SMILES string of the molecule is COC(=O)[C@@H]1CC2C3CCC4=CC(=O)C=C[C@]4(C)C3[C@@H](O)C[C@]2(C)[C@H]1C(=O)CO. The summed E-state index contributed by atoms with van der Waals surface area (Å²) in [6.07, 6.45) is 7.11. The quantitative estimate of drug-likeness (QED) is 0.699. The number of hydrogen-bond acceptors (Lipinski definition) is 6. The van der Waals surface area contributed by atoms with Crippen LogP contribution in [0.2, 0.25) is 0 Å². The molecule has 0 heterocycles. The second-order valence-corrected chi connectivity index (χ2v) is 9.77. The van der Waals surface area contributed by atoms with Crippen molar-refractivity contribution in [2.45, 2.75) is 45.6 Å². The molecule has 8 atom stereocenters. The van der Waals surface area contributed by atoms with Gasteiger partial charge in [0, 0.05) is 17.3 Å². The van der Waals surface area contributed by atoms with Gasteiger partial charge in [-0.2, -0.15) is 0 Å². The van der Waals surface area contributed by atoms with Gasteiger partial charge in [-0.05, 0) is 55.1 Å². The number of carbonyl (C=O) groups excluding carboxylic acids is 3. The summed E-state index contributed by atoms with van der Waals surface area (Å²) in [7, 11) is 1.33. The molecule has 4 aliphatic carbocycles. The van der Waals surface area contributed by atoms with Crippen LogP contribution < -0.4 is 0 Å². The van der Waals surface area contributed by atoms with E-state index in [0.29, 0.717) is 12.8 Å². The largest absolute Gasteiger partial charge is 0.469 e. The highest BCUT2D eigenvalue weighted by atomic mass is 16.5. The fourth-order valence-electron chi connectivity index (χ4n) is 7.45. The molecule has 0 aromatic rings. The van der Waals surface area contributed by atoms with Crippen LogP contribution in [0.1, 0.15) is 39.5 Å². The summed E-state index contributed by atoms with van der Waals surface area (Å²) < 4.78 is 5.00. The van der Waals surface area contributed by atoms with Crippen LogP contribution in [0.25, 0.3) is 0 Å². The first kappa shape index (κ1) is 20.5. The number of aliphatic hydroxyl groups excluding tert-OH is 2. The Labute approximate surface area is 171 Å². The maximum Gasteiger partial charge on any atom is 0.309 e. The highest BCUT2D eigenvalue weighted by Gasteiger charge is 2.66. The van der Waals surface area contributed by atoms with Crippen molar-refractivity contribution in [1.29, 1.82) is 0 Å². The molecule has 3 saturated carbocycles. The molecule has 0 amide bonds. The number of ketones is 2. The van der Waals surface area contributed by atoms with E-state index in [1.165, 1.54) is 7.11 Å². The van der Waals surface area contributed by atoms with Crippen LogP contribution in [-0.2, 0) is 19.1 Å². The molecule has 0 bridgehead atoms. The normalized spacial score (nSPS) is 45.7. The van der Waals surface area contributed by atoms with Gasteiger partial charge in [0.1, 0.15) is 6.61 Å². The Morgan fingerprint density at radius 3 is 2.69 bits per heavy atom. The number of esters is 1. The number of aliphatic hydroxyl groups is 2. The molecule has 2 N–H and O–H groups in total. The lowest BCUT2D eigenvalue weighted by molar-refractivity contribution is -0.154. The zero-order chi connectivity index (χ0) is 21.1. The molecule has 3 unspecified atom stereocenters. The molecule has 4 aliphatic rings. The monoisotopic (exact) mass is 402 g/mol. The number of allylic oxidation sites excluding steroid dienone is 4. The Balaban J connectivity index is 1.76. The van der Waals surface area contributed by atoms with Crippen LogP contribution in [0.5, 0.6) is 0 Å². The average molecular weight is 402 g/mol. The Morgan fingerprint density at radius 2 is 2.03 bits per heavy atom. The van der Waals surface area contributed by atoms with E-state index in [1.54, 1.807) is 12.2 Å². The minimum Gasteiger partial charge on any atom is -0.469 e. The highest BCUT2D eigenvalue weighted by Crippen LogP contribution is 2.67. The minimum absolute atomic E-state index is 0.00806. The lowest BCUT2D eigenvalue weighted by Crippen LogP contribution is -2.56. The first-order valence-corrected chi connectivity index (χ1v) is 10.5. The van der Waals surface area contributed by atoms with Gasteiger partial charge in [-0.3, -0.25) is 14.4 Å². The van der Waals surface area contributed by atoms with Gasteiger partial charge in [-0.1, -0.05) is 25.5 Å². The van der Waals surface area contributed by atoms with Crippen LogP contribution in [0.4, 0.5) is 0 Å². The van der Waals surface area contributed by atoms with Crippen molar-refractivity contribution in [1.82, 2.24) is 0 Å². The van der Waals surface area contributed by atoms with Crippen molar-refractivity contribution >= 4 is 17.5 Å². The zero-order valence-electron chi connectivity index (χ0n) is 17.3. The number of Topliss-reactive ketones (excluding diaryl/α,β-unsaturated/α-hetero) is 1. The molecular weight excluding hydrogens is 372 g/mol. The predicted octanol–water partition coefficient (Wildman–Crippen LogP) is 1.84. The lowest BCUT2D eigenvalue weighted by atomic mass is 9.46. The predicted molar refractivity (Wildman–Crippen MR) is 104 cm³/mol. The third-order valence-electron chi connectivity index (χ3n) is 8.56. The number of rotatable bonds is 3.